The summed E-state index contributed by atoms with van der Waals surface area (Å²) in [4.78, 5) is 26.6. The second kappa shape index (κ2) is 8.17. The fourth-order valence-corrected chi connectivity index (χ4v) is 3.04. The summed E-state index contributed by atoms with van der Waals surface area (Å²) < 4.78 is 7.81. The number of imidazole rings is 1. The van der Waals surface area contributed by atoms with Crippen LogP contribution in [0.25, 0.3) is 0 Å². The van der Waals surface area contributed by atoms with E-state index in [9.17, 15) is 4.79 Å². The molecule has 0 radical (unpaired) electrons. The predicted octanol–water partition coefficient (Wildman–Crippen LogP) is 0.261. The van der Waals surface area contributed by atoms with Gasteiger partial charge in [-0.05, 0) is 12.5 Å². The first-order valence-electron chi connectivity index (χ1n) is 8.44. The van der Waals surface area contributed by atoms with E-state index in [-0.39, 0.29) is 5.91 Å². The first kappa shape index (κ1) is 17.5. The molecule has 3 rings (SSSR count). The fraction of sp³-hybridized carbons (Fsp3) is 0.529. The van der Waals surface area contributed by atoms with Crippen LogP contribution in [0.1, 0.15) is 21.9 Å². The molecule has 2 aromatic rings. The Hall–Kier alpha value is -2.32. The molecule has 2 aromatic heterocycles. The van der Waals surface area contributed by atoms with Crippen molar-refractivity contribution in [2.75, 3.05) is 33.4 Å². The minimum Gasteiger partial charge on any atom is -0.380 e. The van der Waals surface area contributed by atoms with Gasteiger partial charge in [0.1, 0.15) is 12.0 Å². The van der Waals surface area contributed by atoms with Crippen molar-refractivity contribution >= 4 is 5.91 Å². The number of hydrogen-bond acceptors (Lipinski definition) is 6. The summed E-state index contributed by atoms with van der Waals surface area (Å²) in [7, 11) is 3.61. The number of carbonyl (C=O) groups is 1. The molecule has 0 saturated carbocycles. The van der Waals surface area contributed by atoms with Crippen LogP contribution >= 0.6 is 0 Å². The van der Waals surface area contributed by atoms with Gasteiger partial charge in [-0.3, -0.25) is 9.69 Å². The second-order valence-corrected chi connectivity index (χ2v) is 6.35. The molecule has 0 spiro atoms. The highest BCUT2D eigenvalue weighted by Gasteiger charge is 2.21. The van der Waals surface area contributed by atoms with Crippen LogP contribution in [0.2, 0.25) is 0 Å². The summed E-state index contributed by atoms with van der Waals surface area (Å²) >= 11 is 0. The number of aromatic nitrogens is 4. The zero-order valence-electron chi connectivity index (χ0n) is 14.7. The largest absolute Gasteiger partial charge is 0.380 e. The Kier molecular flexibility index (Phi) is 5.72. The molecule has 1 aliphatic rings. The van der Waals surface area contributed by atoms with Crippen LogP contribution in [0.3, 0.4) is 0 Å². The SMILES string of the molecule is CNC(=O)c1cc(C[C@H]2COCCN(Cc3cncn3C)C2)ncn1. The normalized spacial score (nSPS) is 18.7. The van der Waals surface area contributed by atoms with E-state index < -0.39 is 0 Å². The van der Waals surface area contributed by atoms with Crippen molar-refractivity contribution in [2.24, 2.45) is 13.0 Å². The number of ether oxygens (including phenoxy) is 1. The van der Waals surface area contributed by atoms with Crippen LogP contribution in [-0.2, 0) is 24.8 Å². The van der Waals surface area contributed by atoms with Gasteiger partial charge in [-0.25, -0.2) is 15.0 Å². The first-order chi connectivity index (χ1) is 12.2. The number of rotatable bonds is 5. The topological polar surface area (TPSA) is 85.2 Å². The average Bonchev–Trinajstić information content (AvgIpc) is 2.89. The summed E-state index contributed by atoms with van der Waals surface area (Å²) in [5, 5.41) is 2.59. The van der Waals surface area contributed by atoms with Crippen LogP contribution in [0.15, 0.2) is 24.9 Å². The molecule has 134 valence electrons. The Labute approximate surface area is 147 Å². The van der Waals surface area contributed by atoms with E-state index >= 15 is 0 Å². The van der Waals surface area contributed by atoms with E-state index in [0.29, 0.717) is 18.2 Å². The zero-order valence-corrected chi connectivity index (χ0v) is 14.7. The van der Waals surface area contributed by atoms with Crippen molar-refractivity contribution in [1.82, 2.24) is 29.7 Å². The molecular weight excluding hydrogens is 320 g/mol. The smallest absolute Gasteiger partial charge is 0.269 e. The van der Waals surface area contributed by atoms with Crippen molar-refractivity contribution in [2.45, 2.75) is 13.0 Å². The fourth-order valence-electron chi connectivity index (χ4n) is 3.04. The summed E-state index contributed by atoms with van der Waals surface area (Å²) in [6, 6.07) is 1.76. The number of nitrogens with zero attached hydrogens (tertiary/aromatic N) is 5. The molecule has 25 heavy (non-hydrogen) atoms. The van der Waals surface area contributed by atoms with Crippen molar-refractivity contribution in [3.8, 4) is 0 Å². The van der Waals surface area contributed by atoms with Crippen LogP contribution in [0, 0.1) is 5.92 Å². The molecule has 0 aliphatic carbocycles. The molecule has 1 fully saturated rings. The molecule has 1 saturated heterocycles. The van der Waals surface area contributed by atoms with Crippen molar-refractivity contribution in [1.29, 1.82) is 0 Å². The lowest BCUT2D eigenvalue weighted by Gasteiger charge is -2.23. The molecule has 0 bridgehead atoms. The third kappa shape index (κ3) is 4.61. The first-order valence-corrected chi connectivity index (χ1v) is 8.44. The molecule has 8 nitrogen and oxygen atoms in total. The lowest BCUT2D eigenvalue weighted by Crippen LogP contribution is -2.31. The Morgan fingerprint density at radius 3 is 3.08 bits per heavy atom. The molecule has 8 heteroatoms. The quantitative estimate of drug-likeness (QED) is 0.838. The molecule has 1 amide bonds. The van der Waals surface area contributed by atoms with E-state index in [0.717, 1.165) is 38.4 Å². The van der Waals surface area contributed by atoms with E-state index in [4.69, 9.17) is 4.74 Å². The minimum atomic E-state index is -0.196. The van der Waals surface area contributed by atoms with E-state index in [1.54, 1.807) is 13.1 Å². The third-order valence-electron chi connectivity index (χ3n) is 4.41. The minimum absolute atomic E-state index is 0.196. The molecule has 1 atom stereocenters. The molecule has 0 unspecified atom stereocenters. The number of hydrogen-bond donors (Lipinski definition) is 1. The van der Waals surface area contributed by atoms with Crippen LogP contribution < -0.4 is 5.32 Å². The van der Waals surface area contributed by atoms with E-state index in [2.05, 4.69) is 25.2 Å². The molecule has 1 aliphatic heterocycles. The van der Waals surface area contributed by atoms with Gasteiger partial charge in [-0.1, -0.05) is 0 Å². The monoisotopic (exact) mass is 344 g/mol. The third-order valence-corrected chi connectivity index (χ3v) is 4.41. The highest BCUT2D eigenvalue weighted by molar-refractivity contribution is 5.91. The van der Waals surface area contributed by atoms with E-state index in [1.165, 1.54) is 12.0 Å². The van der Waals surface area contributed by atoms with Gasteiger partial charge in [-0.2, -0.15) is 0 Å². The van der Waals surface area contributed by atoms with E-state index in [1.807, 2.05) is 24.1 Å². The standard InChI is InChI=1S/C17H24N6O2/c1-18-17(24)16-6-14(20-11-21-16)5-13-8-23(3-4-25-10-13)9-15-7-19-12-22(15)2/h6-7,11-13H,3-5,8-10H2,1-2H3,(H,18,24)/t13-/m1/s1. The Bertz CT molecular complexity index is 717. The lowest BCUT2D eigenvalue weighted by atomic mass is 10.0. The van der Waals surface area contributed by atoms with Crippen molar-refractivity contribution in [3.05, 3.63) is 42.0 Å². The van der Waals surface area contributed by atoms with Crippen molar-refractivity contribution in [3.63, 3.8) is 0 Å². The molecular formula is C17H24N6O2. The Morgan fingerprint density at radius 1 is 1.44 bits per heavy atom. The average molecular weight is 344 g/mol. The maximum atomic E-state index is 11.7. The predicted molar refractivity (Wildman–Crippen MR) is 91.9 cm³/mol. The summed E-state index contributed by atoms with van der Waals surface area (Å²) in [5.74, 6) is 0.127. The van der Waals surface area contributed by atoms with Gasteiger partial charge in [0, 0.05) is 51.5 Å². The van der Waals surface area contributed by atoms with Crippen LogP contribution in [-0.4, -0.2) is 63.7 Å². The number of amides is 1. The second-order valence-electron chi connectivity index (χ2n) is 6.35. The van der Waals surface area contributed by atoms with Gasteiger partial charge in [0.05, 0.1) is 25.2 Å². The Balaban J connectivity index is 1.65. The van der Waals surface area contributed by atoms with Crippen LogP contribution in [0.5, 0.6) is 0 Å². The van der Waals surface area contributed by atoms with Gasteiger partial charge in [-0.15, -0.1) is 0 Å². The summed E-state index contributed by atoms with van der Waals surface area (Å²) in [6.07, 6.45) is 5.93. The Morgan fingerprint density at radius 2 is 2.32 bits per heavy atom. The molecule has 1 N–H and O–H groups in total. The number of nitrogens with one attached hydrogen (secondary N) is 1. The van der Waals surface area contributed by atoms with Crippen molar-refractivity contribution < 1.29 is 9.53 Å². The van der Waals surface area contributed by atoms with Gasteiger partial charge in [0.25, 0.3) is 5.91 Å². The zero-order chi connectivity index (χ0) is 17.6. The van der Waals surface area contributed by atoms with Gasteiger partial charge >= 0.3 is 0 Å². The highest BCUT2D eigenvalue weighted by Crippen LogP contribution is 2.15. The molecule has 0 aromatic carbocycles. The van der Waals surface area contributed by atoms with Gasteiger partial charge < -0.3 is 14.6 Å². The molecule has 3 heterocycles. The highest BCUT2D eigenvalue weighted by atomic mass is 16.5. The summed E-state index contributed by atoms with van der Waals surface area (Å²) in [6.45, 7) is 4.09. The lowest BCUT2D eigenvalue weighted by molar-refractivity contribution is 0.0957. The van der Waals surface area contributed by atoms with Crippen LogP contribution in [0.4, 0.5) is 0 Å². The maximum absolute atomic E-state index is 11.7. The maximum Gasteiger partial charge on any atom is 0.269 e. The summed E-state index contributed by atoms with van der Waals surface area (Å²) in [5.41, 5.74) is 2.45. The van der Waals surface area contributed by atoms with Gasteiger partial charge in [0.15, 0.2) is 0 Å². The number of aryl methyl sites for hydroxylation is 1. The number of carbonyl (C=O) groups excluding carboxylic acids is 1. The van der Waals surface area contributed by atoms with Gasteiger partial charge in [0.2, 0.25) is 0 Å².